The molecular formula is C31H36FN7O3. The summed E-state index contributed by atoms with van der Waals surface area (Å²) in [5, 5.41) is 17.3. The summed E-state index contributed by atoms with van der Waals surface area (Å²) >= 11 is 0. The predicted molar refractivity (Wildman–Crippen MR) is 162 cm³/mol. The Morgan fingerprint density at radius 2 is 1.69 bits per heavy atom. The summed E-state index contributed by atoms with van der Waals surface area (Å²) < 4.78 is 26.9. The summed E-state index contributed by atoms with van der Waals surface area (Å²) in [5.74, 6) is 2.42. The molecule has 42 heavy (non-hydrogen) atoms. The molecule has 2 aromatic heterocycles. The Morgan fingerprint density at radius 3 is 2.45 bits per heavy atom. The van der Waals surface area contributed by atoms with E-state index in [0.29, 0.717) is 47.5 Å². The number of rotatable bonds is 8. The van der Waals surface area contributed by atoms with Gasteiger partial charge in [0.1, 0.15) is 41.0 Å². The molecule has 2 saturated heterocycles. The average molecular weight is 574 g/mol. The monoisotopic (exact) mass is 573 g/mol. The summed E-state index contributed by atoms with van der Waals surface area (Å²) in [4.78, 5) is 17.7. The molecule has 10 nitrogen and oxygen atoms in total. The Balaban J connectivity index is 1.19. The van der Waals surface area contributed by atoms with Crippen LogP contribution in [0.1, 0.15) is 25.7 Å². The zero-order valence-corrected chi connectivity index (χ0v) is 23.9. The number of nitrogens with zero attached hydrogens (tertiary/aromatic N) is 5. The first-order valence-electron chi connectivity index (χ1n) is 14.4. The van der Waals surface area contributed by atoms with Gasteiger partial charge in [-0.25, -0.2) is 19.3 Å². The lowest BCUT2D eigenvalue weighted by Crippen LogP contribution is -2.36. The standard InChI is InChI=1S/C31H36FN7O3/c1-38-11-6-20(7-12-38)36-28-17-24-27(18-29(28)41-2)34-19-35-31(24)37-26-4-3-22(15-25(26)32)42-23-5-10-33-30(16-23)39-13-8-21(40)9-14-39/h3-5,10,15-21,36,40H,6-9,11-14H2,1-2H3,(H,34,35,37). The van der Waals surface area contributed by atoms with E-state index < -0.39 is 5.82 Å². The first-order chi connectivity index (χ1) is 20.4. The van der Waals surface area contributed by atoms with E-state index >= 15 is 4.39 Å². The number of benzene rings is 2. The van der Waals surface area contributed by atoms with Crippen molar-refractivity contribution >= 4 is 33.9 Å². The minimum absolute atomic E-state index is 0.262. The highest BCUT2D eigenvalue weighted by atomic mass is 19.1. The molecule has 2 aliphatic rings. The summed E-state index contributed by atoms with van der Waals surface area (Å²) in [6, 6.07) is 12.4. The number of ether oxygens (including phenoxy) is 2. The lowest BCUT2D eigenvalue weighted by atomic mass is 10.0. The molecular weight excluding hydrogens is 537 g/mol. The van der Waals surface area contributed by atoms with Crippen molar-refractivity contribution in [1.82, 2.24) is 19.9 Å². The molecule has 4 aromatic rings. The highest BCUT2D eigenvalue weighted by molar-refractivity contribution is 5.95. The highest BCUT2D eigenvalue weighted by Crippen LogP contribution is 2.35. The van der Waals surface area contributed by atoms with Crippen LogP contribution in [-0.4, -0.2) is 77.4 Å². The van der Waals surface area contributed by atoms with Crippen LogP contribution in [0.2, 0.25) is 0 Å². The fourth-order valence-electron chi connectivity index (χ4n) is 5.49. The molecule has 0 atom stereocenters. The lowest BCUT2D eigenvalue weighted by molar-refractivity contribution is 0.145. The van der Waals surface area contributed by atoms with E-state index in [2.05, 4.69) is 42.4 Å². The minimum atomic E-state index is -0.475. The molecule has 6 rings (SSSR count). The second kappa shape index (κ2) is 12.3. The molecule has 4 heterocycles. The van der Waals surface area contributed by atoms with E-state index in [4.69, 9.17) is 9.47 Å². The second-order valence-corrected chi connectivity index (χ2v) is 11.0. The van der Waals surface area contributed by atoms with Gasteiger partial charge in [0.15, 0.2) is 0 Å². The number of anilines is 4. The van der Waals surface area contributed by atoms with Gasteiger partial charge in [0, 0.05) is 48.9 Å². The van der Waals surface area contributed by atoms with Crippen LogP contribution in [0.25, 0.3) is 10.9 Å². The molecule has 0 amide bonds. The Labute approximate surface area is 244 Å². The smallest absolute Gasteiger partial charge is 0.150 e. The van der Waals surface area contributed by atoms with Crippen LogP contribution in [-0.2, 0) is 0 Å². The number of likely N-dealkylation sites (tertiary alicyclic amines) is 1. The molecule has 11 heteroatoms. The third kappa shape index (κ3) is 6.32. The normalized spacial score (nSPS) is 16.9. The third-order valence-electron chi connectivity index (χ3n) is 7.97. The molecule has 0 spiro atoms. The third-order valence-corrected chi connectivity index (χ3v) is 7.97. The zero-order valence-electron chi connectivity index (χ0n) is 23.9. The maximum absolute atomic E-state index is 15.3. The number of halogens is 1. The molecule has 0 saturated carbocycles. The van der Waals surface area contributed by atoms with Crippen LogP contribution in [0.3, 0.4) is 0 Å². The van der Waals surface area contributed by atoms with E-state index in [-0.39, 0.29) is 11.8 Å². The van der Waals surface area contributed by atoms with E-state index in [1.807, 2.05) is 18.2 Å². The van der Waals surface area contributed by atoms with Gasteiger partial charge in [0.25, 0.3) is 0 Å². The summed E-state index contributed by atoms with van der Waals surface area (Å²) in [6.07, 6.45) is 6.35. The Morgan fingerprint density at radius 1 is 0.905 bits per heavy atom. The molecule has 2 fully saturated rings. The number of aromatic nitrogens is 3. The predicted octanol–water partition coefficient (Wildman–Crippen LogP) is 5.18. The van der Waals surface area contributed by atoms with Crippen molar-refractivity contribution in [3.63, 3.8) is 0 Å². The molecule has 0 aliphatic carbocycles. The van der Waals surface area contributed by atoms with E-state index in [9.17, 15) is 5.11 Å². The Bertz CT molecular complexity index is 1540. The van der Waals surface area contributed by atoms with Crippen LogP contribution in [0, 0.1) is 5.82 Å². The van der Waals surface area contributed by atoms with Gasteiger partial charge in [-0.1, -0.05) is 0 Å². The van der Waals surface area contributed by atoms with E-state index in [0.717, 1.165) is 55.9 Å². The van der Waals surface area contributed by atoms with Crippen LogP contribution in [0.15, 0.2) is 55.0 Å². The fraction of sp³-hybridized carbons (Fsp3) is 0.387. The maximum Gasteiger partial charge on any atom is 0.150 e. The van der Waals surface area contributed by atoms with Crippen molar-refractivity contribution in [2.75, 3.05) is 55.9 Å². The fourth-order valence-corrected chi connectivity index (χ4v) is 5.49. The Kier molecular flexibility index (Phi) is 8.20. The maximum atomic E-state index is 15.3. The van der Waals surface area contributed by atoms with Crippen LogP contribution in [0.4, 0.5) is 27.4 Å². The van der Waals surface area contributed by atoms with Gasteiger partial charge in [-0.3, -0.25) is 0 Å². The van der Waals surface area contributed by atoms with Gasteiger partial charge in [0.2, 0.25) is 0 Å². The molecule has 220 valence electrons. The van der Waals surface area contributed by atoms with Crippen molar-refractivity contribution in [2.24, 2.45) is 0 Å². The quantitative estimate of drug-likeness (QED) is 0.261. The van der Waals surface area contributed by atoms with Crippen LogP contribution >= 0.6 is 0 Å². The number of methoxy groups -OCH3 is 1. The van der Waals surface area contributed by atoms with E-state index in [1.165, 1.54) is 12.4 Å². The summed E-state index contributed by atoms with van der Waals surface area (Å²) in [7, 11) is 3.78. The summed E-state index contributed by atoms with van der Waals surface area (Å²) in [6.45, 7) is 3.53. The van der Waals surface area contributed by atoms with Crippen molar-refractivity contribution in [2.45, 2.75) is 37.8 Å². The number of aliphatic hydroxyl groups is 1. The number of hydrogen-bond acceptors (Lipinski definition) is 10. The first-order valence-corrected chi connectivity index (χ1v) is 14.4. The number of nitrogens with one attached hydrogen (secondary N) is 2. The molecule has 2 aromatic carbocycles. The van der Waals surface area contributed by atoms with Gasteiger partial charge < -0.3 is 35.0 Å². The first kappa shape index (κ1) is 27.9. The molecule has 0 radical (unpaired) electrons. The molecule has 3 N–H and O–H groups in total. The SMILES string of the molecule is COc1cc2ncnc(Nc3ccc(Oc4ccnc(N5CCC(O)CC5)c4)cc3F)c2cc1NC1CCN(C)CC1. The van der Waals surface area contributed by atoms with Gasteiger partial charge in [-0.15, -0.1) is 0 Å². The number of hydrogen-bond donors (Lipinski definition) is 3. The van der Waals surface area contributed by atoms with Gasteiger partial charge in [0.05, 0.1) is 30.1 Å². The average Bonchev–Trinajstić information content (AvgIpc) is 3.00. The van der Waals surface area contributed by atoms with Crippen molar-refractivity contribution in [3.8, 4) is 17.2 Å². The molecule has 0 unspecified atom stereocenters. The number of aliphatic hydroxyl groups excluding tert-OH is 1. The number of fused-ring (bicyclic) bond motifs is 1. The topological polar surface area (TPSA) is 108 Å². The minimum Gasteiger partial charge on any atom is -0.495 e. The number of piperidine rings is 2. The van der Waals surface area contributed by atoms with E-state index in [1.54, 1.807) is 31.5 Å². The molecule has 2 aliphatic heterocycles. The van der Waals surface area contributed by atoms with Gasteiger partial charge in [-0.05, 0) is 70.1 Å². The van der Waals surface area contributed by atoms with Crippen LogP contribution in [0.5, 0.6) is 17.2 Å². The second-order valence-electron chi connectivity index (χ2n) is 11.0. The van der Waals surface area contributed by atoms with Gasteiger partial charge >= 0.3 is 0 Å². The largest absolute Gasteiger partial charge is 0.495 e. The van der Waals surface area contributed by atoms with Crippen molar-refractivity contribution in [1.29, 1.82) is 0 Å². The zero-order chi connectivity index (χ0) is 29.1. The van der Waals surface area contributed by atoms with Crippen molar-refractivity contribution in [3.05, 3.63) is 60.8 Å². The summed E-state index contributed by atoms with van der Waals surface area (Å²) in [5.41, 5.74) is 1.82. The lowest BCUT2D eigenvalue weighted by Gasteiger charge is -2.30. The molecule has 0 bridgehead atoms. The van der Waals surface area contributed by atoms with Crippen LogP contribution < -0.4 is 25.0 Å². The highest BCUT2D eigenvalue weighted by Gasteiger charge is 2.20. The number of pyridine rings is 1. The Hall–Kier alpha value is -4.22. The van der Waals surface area contributed by atoms with Crippen molar-refractivity contribution < 1.29 is 19.0 Å². The van der Waals surface area contributed by atoms with Gasteiger partial charge in [-0.2, -0.15) is 0 Å².